The van der Waals surface area contributed by atoms with Crippen LogP contribution < -0.4 is 10.5 Å². The van der Waals surface area contributed by atoms with E-state index in [-0.39, 0.29) is 11.9 Å². The van der Waals surface area contributed by atoms with Crippen LogP contribution in [0.3, 0.4) is 0 Å². The molecule has 1 aromatic carbocycles. The average Bonchev–Trinajstić information content (AvgIpc) is 2.09. The van der Waals surface area contributed by atoms with Crippen molar-refractivity contribution in [1.29, 1.82) is 0 Å². The largest absolute Gasteiger partial charge is 0.493 e. The van der Waals surface area contributed by atoms with Gasteiger partial charge in [-0.05, 0) is 24.6 Å². The first-order chi connectivity index (χ1) is 6.18. The highest BCUT2D eigenvalue weighted by Crippen LogP contribution is 2.32. The number of ether oxygens (including phenoxy) is 1. The van der Waals surface area contributed by atoms with Crippen LogP contribution >= 0.6 is 0 Å². The second-order valence-electron chi connectivity index (χ2n) is 3.38. The Balaban J connectivity index is 2.52. The number of nitrogens with two attached hydrogens (primary N) is 1. The lowest BCUT2D eigenvalue weighted by Gasteiger charge is -2.23. The predicted molar refractivity (Wildman–Crippen MR) is 48.2 cm³/mol. The number of hydrogen-bond donors (Lipinski definition) is 1. The standard InChI is InChI=1S/C10H12FNO/c1-6-4-10-7(5-8(6)11)9(12)2-3-13-10/h4-5,9H,2-3,12H2,1H3/t9-/m1/s1. The third-order valence-electron chi connectivity index (χ3n) is 2.38. The van der Waals surface area contributed by atoms with Crippen LogP contribution in [0.5, 0.6) is 5.75 Å². The van der Waals surface area contributed by atoms with Crippen molar-refractivity contribution in [3.63, 3.8) is 0 Å². The zero-order valence-corrected chi connectivity index (χ0v) is 7.51. The fourth-order valence-electron chi connectivity index (χ4n) is 1.54. The van der Waals surface area contributed by atoms with Crippen LogP contribution in [-0.4, -0.2) is 6.61 Å². The van der Waals surface area contributed by atoms with Gasteiger partial charge in [0, 0.05) is 18.0 Å². The maximum absolute atomic E-state index is 13.2. The molecule has 0 saturated heterocycles. The lowest BCUT2D eigenvalue weighted by Crippen LogP contribution is -2.20. The number of halogens is 1. The van der Waals surface area contributed by atoms with Gasteiger partial charge in [-0.2, -0.15) is 0 Å². The van der Waals surface area contributed by atoms with Gasteiger partial charge >= 0.3 is 0 Å². The predicted octanol–water partition coefficient (Wildman–Crippen LogP) is 1.92. The average molecular weight is 181 g/mol. The Bertz CT molecular complexity index is 338. The van der Waals surface area contributed by atoms with E-state index in [0.29, 0.717) is 12.2 Å². The minimum Gasteiger partial charge on any atom is -0.493 e. The molecule has 0 radical (unpaired) electrons. The molecule has 1 heterocycles. The molecule has 1 aliphatic rings. The Morgan fingerprint density at radius 3 is 3.08 bits per heavy atom. The quantitative estimate of drug-likeness (QED) is 0.663. The number of hydrogen-bond acceptors (Lipinski definition) is 2. The van der Waals surface area contributed by atoms with E-state index in [0.717, 1.165) is 17.7 Å². The van der Waals surface area contributed by atoms with Gasteiger partial charge in [-0.1, -0.05) is 0 Å². The molecule has 0 amide bonds. The lowest BCUT2D eigenvalue weighted by atomic mass is 10.00. The SMILES string of the molecule is Cc1cc2c(cc1F)[C@H](N)CCO2. The third-order valence-corrected chi connectivity index (χ3v) is 2.38. The van der Waals surface area contributed by atoms with Gasteiger partial charge in [0.2, 0.25) is 0 Å². The monoisotopic (exact) mass is 181 g/mol. The topological polar surface area (TPSA) is 35.2 Å². The molecule has 1 aromatic rings. The van der Waals surface area contributed by atoms with E-state index in [1.165, 1.54) is 6.07 Å². The fraction of sp³-hybridized carbons (Fsp3) is 0.400. The summed E-state index contributed by atoms with van der Waals surface area (Å²) in [6.07, 6.45) is 0.759. The minimum atomic E-state index is -0.209. The van der Waals surface area contributed by atoms with Crippen molar-refractivity contribution < 1.29 is 9.13 Å². The van der Waals surface area contributed by atoms with Crippen molar-refractivity contribution in [2.24, 2.45) is 5.73 Å². The van der Waals surface area contributed by atoms with E-state index in [1.807, 2.05) is 0 Å². The van der Waals surface area contributed by atoms with Gasteiger partial charge in [0.05, 0.1) is 6.61 Å². The first-order valence-electron chi connectivity index (χ1n) is 4.37. The van der Waals surface area contributed by atoms with E-state index in [4.69, 9.17) is 10.5 Å². The summed E-state index contributed by atoms with van der Waals surface area (Å²) in [6.45, 7) is 2.35. The molecule has 0 aliphatic carbocycles. The van der Waals surface area contributed by atoms with Crippen molar-refractivity contribution in [3.05, 3.63) is 29.1 Å². The van der Waals surface area contributed by atoms with Crippen LogP contribution in [0.2, 0.25) is 0 Å². The Kier molecular flexibility index (Phi) is 1.96. The molecular weight excluding hydrogens is 169 g/mol. The van der Waals surface area contributed by atoms with Gasteiger partial charge in [-0.3, -0.25) is 0 Å². The van der Waals surface area contributed by atoms with Gasteiger partial charge in [-0.15, -0.1) is 0 Å². The molecule has 0 bridgehead atoms. The molecule has 0 aromatic heterocycles. The maximum Gasteiger partial charge on any atom is 0.126 e. The molecule has 1 atom stereocenters. The molecule has 2 rings (SSSR count). The van der Waals surface area contributed by atoms with Crippen molar-refractivity contribution >= 4 is 0 Å². The molecular formula is C10H12FNO. The van der Waals surface area contributed by atoms with Crippen LogP contribution in [0.25, 0.3) is 0 Å². The molecule has 0 spiro atoms. The maximum atomic E-state index is 13.2. The van der Waals surface area contributed by atoms with Crippen LogP contribution in [-0.2, 0) is 0 Å². The van der Waals surface area contributed by atoms with E-state index < -0.39 is 0 Å². The normalized spacial score (nSPS) is 20.7. The molecule has 0 fully saturated rings. The van der Waals surface area contributed by atoms with E-state index >= 15 is 0 Å². The van der Waals surface area contributed by atoms with Gasteiger partial charge in [0.1, 0.15) is 11.6 Å². The highest BCUT2D eigenvalue weighted by atomic mass is 19.1. The zero-order chi connectivity index (χ0) is 9.42. The van der Waals surface area contributed by atoms with Crippen LogP contribution in [0, 0.1) is 12.7 Å². The first-order valence-corrected chi connectivity index (χ1v) is 4.37. The summed E-state index contributed by atoms with van der Waals surface area (Å²) >= 11 is 0. The van der Waals surface area contributed by atoms with E-state index in [9.17, 15) is 4.39 Å². The summed E-state index contributed by atoms with van der Waals surface area (Å²) in [5.41, 5.74) is 7.21. The van der Waals surface area contributed by atoms with Gasteiger partial charge in [-0.25, -0.2) is 4.39 Å². The summed E-state index contributed by atoms with van der Waals surface area (Å²) < 4.78 is 18.6. The summed E-state index contributed by atoms with van der Waals surface area (Å²) in [5, 5.41) is 0. The van der Waals surface area contributed by atoms with Crippen molar-refractivity contribution in [2.45, 2.75) is 19.4 Å². The molecule has 13 heavy (non-hydrogen) atoms. The second-order valence-corrected chi connectivity index (χ2v) is 3.38. The van der Waals surface area contributed by atoms with Crippen LogP contribution in [0.1, 0.15) is 23.6 Å². The van der Waals surface area contributed by atoms with Crippen molar-refractivity contribution in [1.82, 2.24) is 0 Å². The summed E-state index contributed by atoms with van der Waals surface area (Å²) in [6, 6.07) is 3.11. The molecule has 0 saturated carbocycles. The first kappa shape index (κ1) is 8.51. The molecule has 70 valence electrons. The highest BCUT2D eigenvalue weighted by molar-refractivity contribution is 5.41. The number of benzene rings is 1. The van der Waals surface area contributed by atoms with Gasteiger partial charge < -0.3 is 10.5 Å². The Labute approximate surface area is 76.5 Å². The van der Waals surface area contributed by atoms with Crippen molar-refractivity contribution in [2.75, 3.05) is 6.61 Å². The number of rotatable bonds is 0. The van der Waals surface area contributed by atoms with E-state index in [1.54, 1.807) is 13.0 Å². The molecule has 1 aliphatic heterocycles. The Hall–Kier alpha value is -1.09. The molecule has 2 nitrogen and oxygen atoms in total. The molecule has 0 unspecified atom stereocenters. The highest BCUT2D eigenvalue weighted by Gasteiger charge is 2.19. The smallest absolute Gasteiger partial charge is 0.126 e. The van der Waals surface area contributed by atoms with Gasteiger partial charge in [0.25, 0.3) is 0 Å². The van der Waals surface area contributed by atoms with Crippen LogP contribution in [0.15, 0.2) is 12.1 Å². The van der Waals surface area contributed by atoms with Crippen molar-refractivity contribution in [3.8, 4) is 5.75 Å². The molecule has 2 N–H and O–H groups in total. The summed E-state index contributed by atoms with van der Waals surface area (Å²) in [5.74, 6) is 0.525. The lowest BCUT2D eigenvalue weighted by molar-refractivity contribution is 0.268. The van der Waals surface area contributed by atoms with Crippen LogP contribution in [0.4, 0.5) is 4.39 Å². The number of aryl methyl sites for hydroxylation is 1. The minimum absolute atomic E-state index is 0.0844. The summed E-state index contributed by atoms with van der Waals surface area (Å²) in [4.78, 5) is 0. The van der Waals surface area contributed by atoms with E-state index in [2.05, 4.69) is 0 Å². The zero-order valence-electron chi connectivity index (χ0n) is 7.51. The number of fused-ring (bicyclic) bond motifs is 1. The Morgan fingerprint density at radius 1 is 1.54 bits per heavy atom. The Morgan fingerprint density at radius 2 is 2.31 bits per heavy atom. The fourth-order valence-corrected chi connectivity index (χ4v) is 1.54. The second kappa shape index (κ2) is 3.00. The molecule has 3 heteroatoms. The van der Waals surface area contributed by atoms with Gasteiger partial charge in [0.15, 0.2) is 0 Å². The summed E-state index contributed by atoms with van der Waals surface area (Å²) in [7, 11) is 0. The third kappa shape index (κ3) is 1.40.